The van der Waals surface area contributed by atoms with E-state index in [4.69, 9.17) is 0 Å². The van der Waals surface area contributed by atoms with Crippen LogP contribution in [0, 0.1) is 5.92 Å². The zero-order valence-electron chi connectivity index (χ0n) is 11.8. The molecular weight excluding hydrogens is 250 g/mol. The highest BCUT2D eigenvalue weighted by Crippen LogP contribution is 2.43. The van der Waals surface area contributed by atoms with E-state index in [1.807, 2.05) is 6.07 Å². The van der Waals surface area contributed by atoms with Crippen LogP contribution in [0.3, 0.4) is 0 Å². The molecule has 20 heavy (non-hydrogen) atoms. The van der Waals surface area contributed by atoms with E-state index in [-0.39, 0.29) is 17.2 Å². The van der Waals surface area contributed by atoms with Gasteiger partial charge >= 0.3 is 0 Å². The molecule has 0 saturated heterocycles. The normalized spacial score (nSPS) is 27.9. The van der Waals surface area contributed by atoms with Gasteiger partial charge in [0.05, 0.1) is 12.0 Å². The molecule has 1 aromatic rings. The lowest BCUT2D eigenvalue weighted by Gasteiger charge is -2.43. The Bertz CT molecular complexity index is 467. The van der Waals surface area contributed by atoms with Crippen molar-refractivity contribution in [2.24, 2.45) is 5.92 Å². The average Bonchev–Trinajstić information content (AvgIpc) is 2.85. The van der Waals surface area contributed by atoms with Crippen molar-refractivity contribution in [3.8, 4) is 0 Å². The van der Waals surface area contributed by atoms with Gasteiger partial charge in [-0.2, -0.15) is 0 Å². The predicted octanol–water partition coefficient (Wildman–Crippen LogP) is 2.39. The third kappa shape index (κ3) is 2.47. The van der Waals surface area contributed by atoms with Crippen molar-refractivity contribution in [1.29, 1.82) is 0 Å². The molecule has 1 amide bonds. The van der Waals surface area contributed by atoms with Crippen molar-refractivity contribution in [3.63, 3.8) is 0 Å². The molecule has 0 heterocycles. The van der Waals surface area contributed by atoms with Gasteiger partial charge in [0.25, 0.3) is 0 Å². The maximum atomic E-state index is 12.2. The molecule has 0 spiro atoms. The molecule has 108 valence electrons. The number of aliphatic hydroxyl groups excluding tert-OH is 1. The van der Waals surface area contributed by atoms with Crippen LogP contribution in [-0.2, 0) is 10.2 Å². The first-order valence-corrected chi connectivity index (χ1v) is 7.73. The third-order valence-corrected chi connectivity index (χ3v) is 5.11. The molecule has 2 unspecified atom stereocenters. The Hall–Kier alpha value is -1.35. The van der Waals surface area contributed by atoms with Gasteiger partial charge in [-0.1, -0.05) is 36.8 Å². The van der Waals surface area contributed by atoms with E-state index in [9.17, 15) is 9.90 Å². The number of aliphatic hydroxyl groups is 1. The van der Waals surface area contributed by atoms with Gasteiger partial charge in [-0.15, -0.1) is 0 Å². The highest BCUT2D eigenvalue weighted by atomic mass is 16.3. The minimum atomic E-state index is -0.441. The Morgan fingerprint density at radius 3 is 2.50 bits per heavy atom. The second kappa shape index (κ2) is 5.57. The van der Waals surface area contributed by atoms with E-state index in [1.165, 1.54) is 12.0 Å². The summed E-state index contributed by atoms with van der Waals surface area (Å²) < 4.78 is 0. The summed E-state index contributed by atoms with van der Waals surface area (Å²) in [5.74, 6) is -0.153. The van der Waals surface area contributed by atoms with Gasteiger partial charge in [-0.3, -0.25) is 4.79 Å². The number of hydrogen-bond acceptors (Lipinski definition) is 2. The lowest BCUT2D eigenvalue weighted by molar-refractivity contribution is -0.128. The lowest BCUT2D eigenvalue weighted by atomic mass is 9.64. The summed E-state index contributed by atoms with van der Waals surface area (Å²) in [6.07, 6.45) is 5.63. The van der Waals surface area contributed by atoms with Crippen LogP contribution in [0.2, 0.25) is 0 Å². The third-order valence-electron chi connectivity index (χ3n) is 5.11. The number of carbonyl (C=O) groups is 1. The molecule has 2 N–H and O–H groups in total. The molecule has 2 aliphatic rings. The van der Waals surface area contributed by atoms with Gasteiger partial charge in [0.2, 0.25) is 5.91 Å². The van der Waals surface area contributed by atoms with Crippen molar-refractivity contribution < 1.29 is 9.90 Å². The number of hydrogen-bond donors (Lipinski definition) is 2. The fourth-order valence-electron chi connectivity index (χ4n) is 3.60. The summed E-state index contributed by atoms with van der Waals surface area (Å²) in [4.78, 5) is 12.2. The van der Waals surface area contributed by atoms with Crippen molar-refractivity contribution in [2.75, 3.05) is 6.54 Å². The smallest absolute Gasteiger partial charge is 0.225 e. The van der Waals surface area contributed by atoms with Gasteiger partial charge in [-0.25, -0.2) is 0 Å². The summed E-state index contributed by atoms with van der Waals surface area (Å²) in [6, 6.07) is 10.5. The van der Waals surface area contributed by atoms with E-state index in [2.05, 4.69) is 29.6 Å². The second-order valence-electron chi connectivity index (χ2n) is 6.32. The maximum absolute atomic E-state index is 12.2. The molecular formula is C17H23NO2. The minimum absolute atomic E-state index is 0.0391. The van der Waals surface area contributed by atoms with E-state index >= 15 is 0 Å². The van der Waals surface area contributed by atoms with Crippen LogP contribution in [0.5, 0.6) is 0 Å². The minimum Gasteiger partial charge on any atom is -0.392 e. The topological polar surface area (TPSA) is 49.3 Å². The van der Waals surface area contributed by atoms with Crippen LogP contribution in [-0.4, -0.2) is 23.7 Å². The highest BCUT2D eigenvalue weighted by molar-refractivity contribution is 5.79. The van der Waals surface area contributed by atoms with Crippen molar-refractivity contribution in [1.82, 2.24) is 5.32 Å². The van der Waals surface area contributed by atoms with E-state index in [0.717, 1.165) is 32.1 Å². The molecule has 2 saturated carbocycles. The molecule has 0 radical (unpaired) electrons. The van der Waals surface area contributed by atoms with E-state index < -0.39 is 6.10 Å². The molecule has 1 aromatic carbocycles. The lowest BCUT2D eigenvalue weighted by Crippen LogP contribution is -2.47. The molecule has 3 nitrogen and oxygen atoms in total. The van der Waals surface area contributed by atoms with Gasteiger partial charge in [0.1, 0.15) is 0 Å². The van der Waals surface area contributed by atoms with Gasteiger partial charge < -0.3 is 10.4 Å². The van der Waals surface area contributed by atoms with Crippen LogP contribution in [0.15, 0.2) is 30.3 Å². The van der Waals surface area contributed by atoms with Crippen LogP contribution in [0.4, 0.5) is 0 Å². The zero-order chi connectivity index (χ0) is 14.0. The van der Waals surface area contributed by atoms with E-state index in [0.29, 0.717) is 6.54 Å². The van der Waals surface area contributed by atoms with Crippen molar-refractivity contribution in [3.05, 3.63) is 35.9 Å². The molecule has 2 aliphatic carbocycles. The van der Waals surface area contributed by atoms with Crippen molar-refractivity contribution in [2.45, 2.75) is 50.0 Å². The molecule has 2 fully saturated rings. The molecule has 0 aromatic heterocycles. The SMILES string of the molecule is O=C(NCC1(c2ccccc2)CCC1)C1CCCC1O. The first-order valence-electron chi connectivity index (χ1n) is 7.73. The highest BCUT2D eigenvalue weighted by Gasteiger charge is 2.40. The first kappa shape index (κ1) is 13.6. The molecule has 3 heteroatoms. The molecule has 3 rings (SSSR count). The fraction of sp³-hybridized carbons (Fsp3) is 0.588. The number of rotatable bonds is 4. The van der Waals surface area contributed by atoms with Gasteiger partial charge in [0.15, 0.2) is 0 Å². The Kier molecular flexibility index (Phi) is 3.79. The second-order valence-corrected chi connectivity index (χ2v) is 6.32. The Morgan fingerprint density at radius 1 is 1.20 bits per heavy atom. The molecule has 2 atom stereocenters. The maximum Gasteiger partial charge on any atom is 0.225 e. The monoisotopic (exact) mass is 273 g/mol. The summed E-state index contributed by atoms with van der Waals surface area (Å²) in [5.41, 5.74) is 1.46. The Morgan fingerprint density at radius 2 is 1.95 bits per heavy atom. The predicted molar refractivity (Wildman–Crippen MR) is 78.3 cm³/mol. The number of nitrogens with one attached hydrogen (secondary N) is 1. The quantitative estimate of drug-likeness (QED) is 0.885. The van der Waals surface area contributed by atoms with Gasteiger partial charge in [-0.05, 0) is 37.7 Å². The van der Waals surface area contributed by atoms with Crippen molar-refractivity contribution >= 4 is 5.91 Å². The molecule has 0 aliphatic heterocycles. The van der Waals surface area contributed by atoms with Crippen LogP contribution >= 0.6 is 0 Å². The summed E-state index contributed by atoms with van der Waals surface area (Å²) in [6.45, 7) is 0.707. The largest absolute Gasteiger partial charge is 0.392 e. The summed E-state index contributed by atoms with van der Waals surface area (Å²) in [7, 11) is 0. The number of amides is 1. The zero-order valence-corrected chi connectivity index (χ0v) is 11.8. The Labute approximate surface area is 120 Å². The Balaban J connectivity index is 1.63. The van der Waals surface area contributed by atoms with Gasteiger partial charge in [0, 0.05) is 12.0 Å². The standard InChI is InChI=1S/C17H23NO2/c19-15-9-4-8-14(15)16(20)18-12-17(10-5-11-17)13-6-2-1-3-7-13/h1-3,6-7,14-15,19H,4-5,8-12H2,(H,18,20). The first-order chi connectivity index (χ1) is 9.71. The summed E-state index contributed by atoms with van der Waals surface area (Å²) >= 11 is 0. The van der Waals surface area contributed by atoms with E-state index in [1.54, 1.807) is 0 Å². The number of carbonyl (C=O) groups excluding carboxylic acids is 1. The van der Waals surface area contributed by atoms with Crippen LogP contribution < -0.4 is 5.32 Å². The average molecular weight is 273 g/mol. The fourth-order valence-corrected chi connectivity index (χ4v) is 3.60. The van der Waals surface area contributed by atoms with Crippen LogP contribution in [0.1, 0.15) is 44.1 Å². The molecule has 0 bridgehead atoms. The summed E-state index contributed by atoms with van der Waals surface area (Å²) in [5, 5.41) is 12.9. The number of benzene rings is 1. The van der Waals surface area contributed by atoms with Crippen LogP contribution in [0.25, 0.3) is 0 Å².